The number of benzene rings is 1. The molecule has 2 N–H and O–H groups in total. The topological polar surface area (TPSA) is 44.7 Å². The van der Waals surface area contributed by atoms with Crippen LogP contribution < -0.4 is 10.1 Å². The van der Waals surface area contributed by atoms with E-state index < -0.39 is 17.8 Å². The van der Waals surface area contributed by atoms with Crippen molar-refractivity contribution < 1.29 is 23.0 Å². The summed E-state index contributed by atoms with van der Waals surface area (Å²) in [5.74, 6) is 0.316. The van der Waals surface area contributed by atoms with E-state index in [0.29, 0.717) is 18.3 Å². The van der Waals surface area contributed by atoms with Gasteiger partial charge in [-0.15, -0.1) is 0 Å². The molecule has 130 valence electrons. The predicted molar refractivity (Wildman–Crippen MR) is 81.5 cm³/mol. The van der Waals surface area contributed by atoms with Gasteiger partial charge in [0, 0.05) is 12.6 Å². The lowest BCUT2D eigenvalue weighted by Crippen LogP contribution is -2.44. The van der Waals surface area contributed by atoms with Crippen molar-refractivity contribution in [3.05, 3.63) is 29.8 Å². The van der Waals surface area contributed by atoms with Crippen LogP contribution in [0.3, 0.4) is 0 Å². The molecule has 1 aromatic carbocycles. The Labute approximate surface area is 134 Å². The Morgan fingerprint density at radius 3 is 2.43 bits per heavy atom. The molecule has 0 spiro atoms. The molecule has 23 heavy (non-hydrogen) atoms. The minimum absolute atomic E-state index is 0.0466. The smallest absolute Gasteiger partial charge is 0.416 e. The Balaban J connectivity index is 1.69. The van der Waals surface area contributed by atoms with Crippen molar-refractivity contribution in [2.24, 2.45) is 0 Å². The molecular formula is C16H23F3N2O2. The Kier molecular flexibility index (Phi) is 6.26. The Morgan fingerprint density at radius 1 is 1.26 bits per heavy atom. The van der Waals surface area contributed by atoms with Gasteiger partial charge < -0.3 is 20.1 Å². The molecule has 1 heterocycles. The highest BCUT2D eigenvalue weighted by atomic mass is 19.4. The number of aliphatic hydroxyl groups excluding tert-OH is 1. The molecule has 0 saturated carbocycles. The summed E-state index contributed by atoms with van der Waals surface area (Å²) in [6, 6.07) is 4.86. The quantitative estimate of drug-likeness (QED) is 0.838. The number of piperidine rings is 1. The summed E-state index contributed by atoms with van der Waals surface area (Å²) < 4.78 is 42.7. The first kappa shape index (κ1) is 18.0. The zero-order valence-corrected chi connectivity index (χ0v) is 13.1. The van der Waals surface area contributed by atoms with Crippen LogP contribution in [0.5, 0.6) is 5.75 Å². The van der Waals surface area contributed by atoms with Crippen LogP contribution in [0.15, 0.2) is 24.3 Å². The maximum absolute atomic E-state index is 12.4. The maximum atomic E-state index is 12.4. The Bertz CT molecular complexity index is 471. The third-order valence-electron chi connectivity index (χ3n) is 3.98. The number of likely N-dealkylation sites (tertiary alicyclic amines) is 1. The van der Waals surface area contributed by atoms with Crippen molar-refractivity contribution in [2.45, 2.75) is 31.2 Å². The predicted octanol–water partition coefficient (Wildman–Crippen LogP) is 2.13. The van der Waals surface area contributed by atoms with Gasteiger partial charge in [-0.1, -0.05) is 0 Å². The SMILES string of the molecule is CN1CCC(NCC(O)COc2ccc(C(F)(F)F)cc2)CC1. The van der Waals surface area contributed by atoms with E-state index in [1.807, 2.05) is 0 Å². The number of hydrogen-bond acceptors (Lipinski definition) is 4. The summed E-state index contributed by atoms with van der Waals surface area (Å²) in [6.45, 7) is 2.53. The van der Waals surface area contributed by atoms with Gasteiger partial charge in [-0.2, -0.15) is 13.2 Å². The summed E-state index contributed by atoms with van der Waals surface area (Å²) in [4.78, 5) is 2.27. The summed E-state index contributed by atoms with van der Waals surface area (Å²) >= 11 is 0. The van der Waals surface area contributed by atoms with E-state index in [9.17, 15) is 18.3 Å². The number of hydrogen-bond donors (Lipinski definition) is 2. The highest BCUT2D eigenvalue weighted by Crippen LogP contribution is 2.30. The molecule has 7 heteroatoms. The fourth-order valence-corrected chi connectivity index (χ4v) is 2.51. The van der Waals surface area contributed by atoms with Crippen LogP contribution in [0, 0.1) is 0 Å². The molecule has 1 aromatic rings. The first-order chi connectivity index (χ1) is 10.8. The normalized spacial score (nSPS) is 18.8. The molecule has 0 amide bonds. The van der Waals surface area contributed by atoms with E-state index in [2.05, 4.69) is 17.3 Å². The molecule has 1 atom stereocenters. The summed E-state index contributed by atoms with van der Waals surface area (Å²) in [5.41, 5.74) is -0.714. The van der Waals surface area contributed by atoms with Crippen molar-refractivity contribution in [1.29, 1.82) is 0 Å². The highest BCUT2D eigenvalue weighted by Gasteiger charge is 2.30. The number of nitrogens with zero attached hydrogens (tertiary/aromatic N) is 1. The van der Waals surface area contributed by atoms with Gasteiger partial charge >= 0.3 is 6.18 Å². The number of aliphatic hydroxyl groups is 1. The zero-order chi connectivity index (χ0) is 16.9. The van der Waals surface area contributed by atoms with E-state index >= 15 is 0 Å². The van der Waals surface area contributed by atoms with Gasteiger partial charge in [-0.3, -0.25) is 0 Å². The average molecular weight is 332 g/mol. The molecule has 4 nitrogen and oxygen atoms in total. The summed E-state index contributed by atoms with van der Waals surface area (Å²) in [6.07, 6.45) is -2.96. The molecule has 0 radical (unpaired) electrons. The van der Waals surface area contributed by atoms with Gasteiger partial charge in [0.05, 0.1) is 5.56 Å². The van der Waals surface area contributed by atoms with Crippen LogP contribution in [0.4, 0.5) is 13.2 Å². The van der Waals surface area contributed by atoms with E-state index in [1.54, 1.807) is 0 Å². The standard InChI is InChI=1S/C16H23F3N2O2/c1-21-8-6-13(7-9-21)20-10-14(22)11-23-15-4-2-12(3-5-15)16(17,18)19/h2-5,13-14,20,22H,6-11H2,1H3. The summed E-state index contributed by atoms with van der Waals surface area (Å²) in [7, 11) is 2.09. The molecule has 0 bridgehead atoms. The van der Waals surface area contributed by atoms with Crippen LogP contribution >= 0.6 is 0 Å². The van der Waals surface area contributed by atoms with E-state index in [-0.39, 0.29) is 6.61 Å². The Hall–Kier alpha value is -1.31. The van der Waals surface area contributed by atoms with Crippen molar-refractivity contribution in [3.63, 3.8) is 0 Å². The van der Waals surface area contributed by atoms with E-state index in [0.717, 1.165) is 38.1 Å². The number of nitrogens with one attached hydrogen (secondary N) is 1. The van der Waals surface area contributed by atoms with Crippen molar-refractivity contribution in [1.82, 2.24) is 10.2 Å². The molecule has 1 aliphatic rings. The lowest BCUT2D eigenvalue weighted by Gasteiger charge is -2.30. The molecular weight excluding hydrogens is 309 g/mol. The number of halogens is 3. The molecule has 0 aliphatic carbocycles. The van der Waals surface area contributed by atoms with Crippen LogP contribution in [0.1, 0.15) is 18.4 Å². The average Bonchev–Trinajstić information content (AvgIpc) is 2.52. The van der Waals surface area contributed by atoms with Crippen molar-refractivity contribution in [2.75, 3.05) is 33.3 Å². The molecule has 0 aromatic heterocycles. The lowest BCUT2D eigenvalue weighted by atomic mass is 10.1. The first-order valence-electron chi connectivity index (χ1n) is 7.74. The molecule has 1 fully saturated rings. The first-order valence-corrected chi connectivity index (χ1v) is 7.74. The van der Waals surface area contributed by atoms with Crippen molar-refractivity contribution in [3.8, 4) is 5.75 Å². The van der Waals surface area contributed by atoms with Crippen LogP contribution in [0.25, 0.3) is 0 Å². The van der Waals surface area contributed by atoms with Crippen LogP contribution in [-0.2, 0) is 6.18 Å². The monoisotopic (exact) mass is 332 g/mol. The summed E-state index contributed by atoms with van der Waals surface area (Å²) in [5, 5.41) is 13.2. The van der Waals surface area contributed by atoms with Gasteiger partial charge in [0.1, 0.15) is 18.5 Å². The van der Waals surface area contributed by atoms with Gasteiger partial charge in [-0.05, 0) is 57.2 Å². The van der Waals surface area contributed by atoms with Gasteiger partial charge in [0.25, 0.3) is 0 Å². The van der Waals surface area contributed by atoms with Crippen LogP contribution in [-0.4, -0.2) is 55.4 Å². The molecule has 2 rings (SSSR count). The largest absolute Gasteiger partial charge is 0.491 e. The van der Waals surface area contributed by atoms with E-state index in [4.69, 9.17) is 4.74 Å². The third-order valence-corrected chi connectivity index (χ3v) is 3.98. The minimum atomic E-state index is -4.35. The second-order valence-corrected chi connectivity index (χ2v) is 5.97. The minimum Gasteiger partial charge on any atom is -0.491 e. The van der Waals surface area contributed by atoms with Crippen LogP contribution in [0.2, 0.25) is 0 Å². The highest BCUT2D eigenvalue weighted by molar-refractivity contribution is 5.28. The second-order valence-electron chi connectivity index (χ2n) is 5.97. The maximum Gasteiger partial charge on any atom is 0.416 e. The number of alkyl halides is 3. The third kappa shape index (κ3) is 6.01. The van der Waals surface area contributed by atoms with Crippen molar-refractivity contribution >= 4 is 0 Å². The molecule has 1 unspecified atom stereocenters. The fourth-order valence-electron chi connectivity index (χ4n) is 2.51. The fraction of sp³-hybridized carbons (Fsp3) is 0.625. The van der Waals surface area contributed by atoms with Gasteiger partial charge in [0.15, 0.2) is 0 Å². The second kappa shape index (κ2) is 7.99. The zero-order valence-electron chi connectivity index (χ0n) is 13.1. The molecule has 1 aliphatic heterocycles. The number of ether oxygens (including phenoxy) is 1. The van der Waals surface area contributed by atoms with Gasteiger partial charge in [0.2, 0.25) is 0 Å². The van der Waals surface area contributed by atoms with E-state index in [1.165, 1.54) is 12.1 Å². The lowest BCUT2D eigenvalue weighted by molar-refractivity contribution is -0.137. The molecule has 1 saturated heterocycles. The number of rotatable bonds is 6. The van der Waals surface area contributed by atoms with Gasteiger partial charge in [-0.25, -0.2) is 0 Å². The Morgan fingerprint density at radius 2 is 1.87 bits per heavy atom.